The number of hydrogen-bond acceptors (Lipinski definition) is 2. The van der Waals surface area contributed by atoms with Gasteiger partial charge in [-0.15, -0.1) is 0 Å². The van der Waals surface area contributed by atoms with Crippen LogP contribution in [0.3, 0.4) is 0 Å². The second-order valence-electron chi connectivity index (χ2n) is 4.94. The zero-order valence-electron chi connectivity index (χ0n) is 11.8. The largest absolute Gasteiger partial charge is 0.418 e. The lowest BCUT2D eigenvalue weighted by Crippen LogP contribution is -2.41. The number of carbonyl (C=O) groups is 1. The van der Waals surface area contributed by atoms with Crippen LogP contribution in [0.4, 0.5) is 4.79 Å². The maximum absolute atomic E-state index is 11.8. The molecule has 0 N–H and O–H groups in total. The van der Waals surface area contributed by atoms with Gasteiger partial charge >= 0.3 is 6.09 Å². The fourth-order valence-corrected chi connectivity index (χ4v) is 1.51. The van der Waals surface area contributed by atoms with Gasteiger partial charge in [0.15, 0.2) is 0 Å². The second-order valence-corrected chi connectivity index (χ2v) is 4.94. The third-order valence-electron chi connectivity index (χ3n) is 2.18. The minimum atomic E-state index is -0.302. The molecule has 0 atom stereocenters. The summed E-state index contributed by atoms with van der Waals surface area (Å²) < 4.78 is 5.06. The Balaban J connectivity index is 4.24. The zero-order valence-corrected chi connectivity index (χ0v) is 11.8. The number of amides is 1. The molecule has 1 amide bonds. The van der Waals surface area contributed by atoms with E-state index in [0.29, 0.717) is 5.92 Å². The molecule has 17 heavy (non-hydrogen) atoms. The van der Waals surface area contributed by atoms with Crippen molar-refractivity contribution in [2.75, 3.05) is 0 Å². The van der Waals surface area contributed by atoms with Crippen LogP contribution in [0, 0.1) is 5.92 Å². The molecule has 0 aromatic heterocycles. The highest BCUT2D eigenvalue weighted by atomic mass is 16.5. The monoisotopic (exact) mass is 239 g/mol. The molecular formula is C14H25NO2. The third kappa shape index (κ3) is 6.82. The van der Waals surface area contributed by atoms with Gasteiger partial charge in [0.05, 0.1) is 6.26 Å². The molecule has 0 radical (unpaired) electrons. The van der Waals surface area contributed by atoms with Crippen LogP contribution < -0.4 is 0 Å². The van der Waals surface area contributed by atoms with Crippen LogP contribution >= 0.6 is 0 Å². The molecule has 3 heteroatoms. The van der Waals surface area contributed by atoms with Crippen molar-refractivity contribution in [3.05, 3.63) is 24.5 Å². The molecule has 98 valence electrons. The van der Waals surface area contributed by atoms with Crippen molar-refractivity contribution in [1.82, 2.24) is 4.90 Å². The molecule has 0 saturated carbocycles. The predicted molar refractivity (Wildman–Crippen MR) is 71.7 cm³/mol. The molecular weight excluding hydrogens is 214 g/mol. The molecule has 0 aliphatic rings. The SMILES string of the molecule is CC(C)/C=C/C=C/OC(=O)N(C(C)C)C(C)C. The molecule has 0 spiro atoms. The average molecular weight is 239 g/mol. The van der Waals surface area contributed by atoms with Crippen LogP contribution in [0.15, 0.2) is 24.5 Å². The van der Waals surface area contributed by atoms with Crippen LogP contribution in [0.25, 0.3) is 0 Å². The summed E-state index contributed by atoms with van der Waals surface area (Å²) in [5, 5.41) is 0. The first-order chi connectivity index (χ1) is 7.86. The number of allylic oxidation sites excluding steroid dienone is 3. The summed E-state index contributed by atoms with van der Waals surface area (Å²) >= 11 is 0. The molecule has 0 aromatic carbocycles. The molecule has 0 fully saturated rings. The maximum Gasteiger partial charge on any atom is 0.415 e. The lowest BCUT2D eigenvalue weighted by molar-refractivity contribution is 0.109. The standard InChI is InChI=1S/C14H25NO2/c1-11(2)9-7-8-10-17-14(16)15(12(3)4)13(5)6/h7-13H,1-6H3/b9-7+,10-8+. The number of ether oxygens (including phenoxy) is 1. The summed E-state index contributed by atoms with van der Waals surface area (Å²) in [6, 6.07) is 0.282. The Hall–Kier alpha value is -1.25. The molecule has 3 nitrogen and oxygen atoms in total. The van der Waals surface area contributed by atoms with E-state index in [2.05, 4.69) is 13.8 Å². The van der Waals surface area contributed by atoms with Crippen molar-refractivity contribution in [2.45, 2.75) is 53.6 Å². The number of hydrogen-bond donors (Lipinski definition) is 0. The minimum absolute atomic E-state index is 0.141. The molecule has 0 heterocycles. The molecule has 0 rings (SSSR count). The van der Waals surface area contributed by atoms with Gasteiger partial charge in [0.2, 0.25) is 0 Å². The highest BCUT2D eigenvalue weighted by Crippen LogP contribution is 2.07. The van der Waals surface area contributed by atoms with E-state index in [4.69, 9.17) is 4.74 Å². The van der Waals surface area contributed by atoms with E-state index in [9.17, 15) is 4.79 Å². The molecule has 0 aliphatic heterocycles. The minimum Gasteiger partial charge on any atom is -0.418 e. The molecule has 0 aliphatic carbocycles. The van der Waals surface area contributed by atoms with E-state index < -0.39 is 0 Å². The van der Waals surface area contributed by atoms with Gasteiger partial charge in [-0.25, -0.2) is 4.79 Å². The van der Waals surface area contributed by atoms with Gasteiger partial charge < -0.3 is 9.64 Å². The van der Waals surface area contributed by atoms with E-state index in [1.165, 1.54) is 6.26 Å². The van der Waals surface area contributed by atoms with Crippen LogP contribution in [-0.2, 0) is 4.74 Å². The number of carbonyl (C=O) groups excluding carboxylic acids is 1. The summed E-state index contributed by atoms with van der Waals surface area (Å²) in [4.78, 5) is 13.5. The quantitative estimate of drug-likeness (QED) is 0.536. The topological polar surface area (TPSA) is 29.5 Å². The summed E-state index contributed by atoms with van der Waals surface area (Å²) in [7, 11) is 0. The summed E-state index contributed by atoms with van der Waals surface area (Å²) in [5.74, 6) is 0.498. The van der Waals surface area contributed by atoms with E-state index in [0.717, 1.165) is 0 Å². The van der Waals surface area contributed by atoms with Gasteiger partial charge in [0.1, 0.15) is 0 Å². The molecule has 0 aromatic rings. The summed E-state index contributed by atoms with van der Waals surface area (Å²) in [5.41, 5.74) is 0. The first-order valence-electron chi connectivity index (χ1n) is 6.18. The highest BCUT2D eigenvalue weighted by Gasteiger charge is 2.20. The third-order valence-corrected chi connectivity index (χ3v) is 2.18. The van der Waals surface area contributed by atoms with Gasteiger partial charge in [-0.05, 0) is 39.7 Å². The molecule has 0 saturated heterocycles. The van der Waals surface area contributed by atoms with Gasteiger partial charge in [0, 0.05) is 12.1 Å². The lowest BCUT2D eigenvalue weighted by atomic mass is 10.2. The average Bonchev–Trinajstić information content (AvgIpc) is 2.15. The van der Waals surface area contributed by atoms with Crippen molar-refractivity contribution >= 4 is 6.09 Å². The van der Waals surface area contributed by atoms with Gasteiger partial charge in [-0.2, -0.15) is 0 Å². The van der Waals surface area contributed by atoms with Crippen molar-refractivity contribution in [3.8, 4) is 0 Å². The van der Waals surface area contributed by atoms with E-state index in [1.807, 2.05) is 39.8 Å². The van der Waals surface area contributed by atoms with Crippen molar-refractivity contribution in [1.29, 1.82) is 0 Å². The van der Waals surface area contributed by atoms with Crippen molar-refractivity contribution in [3.63, 3.8) is 0 Å². The van der Waals surface area contributed by atoms with Gasteiger partial charge in [-0.1, -0.05) is 26.0 Å². The fourth-order valence-electron chi connectivity index (χ4n) is 1.51. The zero-order chi connectivity index (χ0) is 13.4. The second kappa shape index (κ2) is 7.93. The Kier molecular flexibility index (Phi) is 7.35. The Labute approximate surface area is 105 Å². The first kappa shape index (κ1) is 15.8. The molecule has 0 bridgehead atoms. The van der Waals surface area contributed by atoms with Crippen molar-refractivity contribution in [2.24, 2.45) is 5.92 Å². The van der Waals surface area contributed by atoms with Crippen LogP contribution in [-0.4, -0.2) is 23.1 Å². The smallest absolute Gasteiger partial charge is 0.415 e. The molecule has 0 unspecified atom stereocenters. The number of nitrogens with zero attached hydrogens (tertiary/aromatic N) is 1. The summed E-state index contributed by atoms with van der Waals surface area (Å²) in [6.45, 7) is 12.1. The van der Waals surface area contributed by atoms with Crippen LogP contribution in [0.2, 0.25) is 0 Å². The predicted octanol–water partition coefficient (Wildman–Crippen LogP) is 3.97. The Morgan fingerprint density at radius 3 is 1.94 bits per heavy atom. The maximum atomic E-state index is 11.8. The van der Waals surface area contributed by atoms with Gasteiger partial charge in [0.25, 0.3) is 0 Å². The first-order valence-corrected chi connectivity index (χ1v) is 6.18. The van der Waals surface area contributed by atoms with Crippen LogP contribution in [0.5, 0.6) is 0 Å². The number of rotatable bonds is 5. The lowest BCUT2D eigenvalue weighted by Gasteiger charge is -2.28. The van der Waals surface area contributed by atoms with E-state index >= 15 is 0 Å². The van der Waals surface area contributed by atoms with E-state index in [-0.39, 0.29) is 18.2 Å². The Morgan fingerprint density at radius 2 is 1.53 bits per heavy atom. The van der Waals surface area contributed by atoms with E-state index in [1.54, 1.807) is 11.0 Å². The fraction of sp³-hybridized carbons (Fsp3) is 0.643. The normalized spacial score (nSPS) is 12.3. The van der Waals surface area contributed by atoms with Crippen molar-refractivity contribution < 1.29 is 9.53 Å². The Morgan fingerprint density at radius 1 is 1.00 bits per heavy atom. The van der Waals surface area contributed by atoms with Crippen LogP contribution in [0.1, 0.15) is 41.5 Å². The Bertz CT molecular complexity index is 270. The highest BCUT2D eigenvalue weighted by molar-refractivity contribution is 5.69. The summed E-state index contributed by atoms with van der Waals surface area (Å²) in [6.07, 6.45) is 6.78. The van der Waals surface area contributed by atoms with Gasteiger partial charge in [-0.3, -0.25) is 0 Å².